The molecule has 1 atom stereocenters. The number of para-hydroxylation sites is 2. The SMILES string of the molecule is CC(C)c1ccccc1NC(=O)[C@@H](C)Oc1ccccc1Cl. The summed E-state index contributed by atoms with van der Waals surface area (Å²) < 4.78 is 5.64. The lowest BCUT2D eigenvalue weighted by atomic mass is 10.0. The zero-order valence-corrected chi connectivity index (χ0v) is 13.7. The molecule has 0 bridgehead atoms. The van der Waals surface area contributed by atoms with Gasteiger partial charge in [0.1, 0.15) is 5.75 Å². The minimum atomic E-state index is -0.639. The third-order valence-electron chi connectivity index (χ3n) is 3.35. The van der Waals surface area contributed by atoms with E-state index in [1.807, 2.05) is 36.4 Å². The zero-order chi connectivity index (χ0) is 16.1. The third-order valence-corrected chi connectivity index (χ3v) is 3.66. The van der Waals surface area contributed by atoms with Gasteiger partial charge in [-0.15, -0.1) is 0 Å². The molecule has 1 amide bonds. The lowest BCUT2D eigenvalue weighted by Gasteiger charge is -2.18. The van der Waals surface area contributed by atoms with Gasteiger partial charge in [-0.1, -0.05) is 55.8 Å². The fraction of sp³-hybridized carbons (Fsp3) is 0.278. The number of anilines is 1. The number of carbonyl (C=O) groups excluding carboxylic acids is 1. The van der Waals surface area contributed by atoms with Crippen LogP contribution in [0.4, 0.5) is 5.69 Å². The van der Waals surface area contributed by atoms with Gasteiger partial charge >= 0.3 is 0 Å². The molecule has 116 valence electrons. The van der Waals surface area contributed by atoms with E-state index >= 15 is 0 Å². The molecular formula is C18H20ClNO2. The molecule has 0 spiro atoms. The van der Waals surface area contributed by atoms with Crippen LogP contribution in [-0.2, 0) is 4.79 Å². The van der Waals surface area contributed by atoms with Crippen molar-refractivity contribution in [1.29, 1.82) is 0 Å². The number of carbonyl (C=O) groups is 1. The summed E-state index contributed by atoms with van der Waals surface area (Å²) in [5.41, 5.74) is 1.91. The summed E-state index contributed by atoms with van der Waals surface area (Å²) >= 11 is 6.04. The Balaban J connectivity index is 2.08. The Morgan fingerprint density at radius 2 is 1.68 bits per heavy atom. The first kappa shape index (κ1) is 16.4. The lowest BCUT2D eigenvalue weighted by molar-refractivity contribution is -0.122. The first-order chi connectivity index (χ1) is 10.5. The van der Waals surface area contributed by atoms with Crippen molar-refractivity contribution in [2.45, 2.75) is 32.8 Å². The number of hydrogen-bond donors (Lipinski definition) is 1. The van der Waals surface area contributed by atoms with Crippen LogP contribution in [0.2, 0.25) is 5.02 Å². The number of amides is 1. The molecule has 0 saturated carbocycles. The van der Waals surface area contributed by atoms with Crippen molar-refractivity contribution in [2.24, 2.45) is 0 Å². The number of nitrogens with one attached hydrogen (secondary N) is 1. The summed E-state index contributed by atoms with van der Waals surface area (Å²) in [5.74, 6) is 0.633. The lowest BCUT2D eigenvalue weighted by Crippen LogP contribution is -2.30. The van der Waals surface area contributed by atoms with Crippen molar-refractivity contribution in [3.05, 3.63) is 59.1 Å². The summed E-state index contributed by atoms with van der Waals surface area (Å²) in [4.78, 5) is 12.3. The highest BCUT2D eigenvalue weighted by Gasteiger charge is 2.17. The number of ether oxygens (including phenoxy) is 1. The highest BCUT2D eigenvalue weighted by atomic mass is 35.5. The van der Waals surface area contributed by atoms with E-state index in [9.17, 15) is 4.79 Å². The van der Waals surface area contributed by atoms with Crippen molar-refractivity contribution in [3.63, 3.8) is 0 Å². The molecule has 0 radical (unpaired) electrons. The van der Waals surface area contributed by atoms with Gasteiger partial charge in [0.25, 0.3) is 5.91 Å². The summed E-state index contributed by atoms with van der Waals surface area (Å²) in [7, 11) is 0. The average molecular weight is 318 g/mol. The molecule has 0 aliphatic heterocycles. The van der Waals surface area contributed by atoms with Crippen LogP contribution in [0.15, 0.2) is 48.5 Å². The molecule has 0 saturated heterocycles. The summed E-state index contributed by atoms with van der Waals surface area (Å²) in [6.45, 7) is 5.89. The van der Waals surface area contributed by atoms with E-state index in [1.165, 1.54) is 0 Å². The minimum absolute atomic E-state index is 0.201. The smallest absolute Gasteiger partial charge is 0.265 e. The zero-order valence-electron chi connectivity index (χ0n) is 13.0. The van der Waals surface area contributed by atoms with Gasteiger partial charge in [0.15, 0.2) is 6.10 Å². The number of hydrogen-bond acceptors (Lipinski definition) is 2. The van der Waals surface area contributed by atoms with Crippen LogP contribution in [0.5, 0.6) is 5.75 Å². The maximum absolute atomic E-state index is 12.3. The van der Waals surface area contributed by atoms with Gasteiger partial charge in [0.2, 0.25) is 0 Å². The quantitative estimate of drug-likeness (QED) is 0.854. The van der Waals surface area contributed by atoms with Crippen LogP contribution in [0.3, 0.4) is 0 Å². The number of rotatable bonds is 5. The van der Waals surface area contributed by atoms with Crippen LogP contribution in [-0.4, -0.2) is 12.0 Å². The van der Waals surface area contributed by atoms with E-state index in [2.05, 4.69) is 19.2 Å². The van der Waals surface area contributed by atoms with Crippen LogP contribution in [0.25, 0.3) is 0 Å². The number of benzene rings is 2. The van der Waals surface area contributed by atoms with E-state index < -0.39 is 6.10 Å². The molecule has 0 aromatic heterocycles. The van der Waals surface area contributed by atoms with Gasteiger partial charge in [0.05, 0.1) is 5.02 Å². The van der Waals surface area contributed by atoms with Crippen LogP contribution in [0.1, 0.15) is 32.3 Å². The molecule has 0 fully saturated rings. The van der Waals surface area contributed by atoms with E-state index in [0.29, 0.717) is 16.7 Å². The van der Waals surface area contributed by atoms with Gasteiger partial charge in [-0.2, -0.15) is 0 Å². The normalized spacial score (nSPS) is 12.0. The molecule has 2 aromatic rings. The van der Waals surface area contributed by atoms with Gasteiger partial charge in [-0.25, -0.2) is 0 Å². The highest BCUT2D eigenvalue weighted by molar-refractivity contribution is 6.32. The second-order valence-electron chi connectivity index (χ2n) is 5.42. The van der Waals surface area contributed by atoms with Crippen molar-refractivity contribution < 1.29 is 9.53 Å². The molecular weight excluding hydrogens is 298 g/mol. The van der Waals surface area contributed by atoms with Crippen molar-refractivity contribution in [2.75, 3.05) is 5.32 Å². The Morgan fingerprint density at radius 1 is 1.05 bits per heavy atom. The first-order valence-corrected chi connectivity index (χ1v) is 7.67. The van der Waals surface area contributed by atoms with Gasteiger partial charge in [-0.05, 0) is 36.6 Å². The molecule has 0 aliphatic carbocycles. The topological polar surface area (TPSA) is 38.3 Å². The summed E-state index contributed by atoms with van der Waals surface area (Å²) in [5, 5.41) is 3.41. The molecule has 2 aromatic carbocycles. The van der Waals surface area contributed by atoms with E-state index in [4.69, 9.17) is 16.3 Å². The monoisotopic (exact) mass is 317 g/mol. The maximum Gasteiger partial charge on any atom is 0.265 e. The van der Waals surface area contributed by atoms with Crippen LogP contribution < -0.4 is 10.1 Å². The van der Waals surface area contributed by atoms with E-state index in [0.717, 1.165) is 11.3 Å². The fourth-order valence-corrected chi connectivity index (χ4v) is 2.31. The second-order valence-corrected chi connectivity index (χ2v) is 5.83. The van der Waals surface area contributed by atoms with Crippen LogP contribution in [0, 0.1) is 0 Å². The molecule has 0 unspecified atom stereocenters. The van der Waals surface area contributed by atoms with Crippen LogP contribution >= 0.6 is 11.6 Å². The van der Waals surface area contributed by atoms with Gasteiger partial charge < -0.3 is 10.1 Å². The molecule has 0 aliphatic rings. The third kappa shape index (κ3) is 4.01. The Bertz CT molecular complexity index is 655. The molecule has 3 nitrogen and oxygen atoms in total. The Hall–Kier alpha value is -2.00. The Morgan fingerprint density at radius 3 is 2.36 bits per heavy atom. The summed E-state index contributed by atoms with van der Waals surface area (Å²) in [6.07, 6.45) is -0.639. The number of halogens is 1. The summed E-state index contributed by atoms with van der Waals surface area (Å²) in [6, 6.07) is 14.9. The second kappa shape index (κ2) is 7.32. The maximum atomic E-state index is 12.3. The van der Waals surface area contributed by atoms with Crippen molar-refractivity contribution in [1.82, 2.24) is 0 Å². The van der Waals surface area contributed by atoms with Gasteiger partial charge in [0, 0.05) is 5.69 Å². The van der Waals surface area contributed by atoms with Crippen molar-refractivity contribution >= 4 is 23.2 Å². The largest absolute Gasteiger partial charge is 0.479 e. The van der Waals surface area contributed by atoms with Gasteiger partial charge in [-0.3, -0.25) is 4.79 Å². The van der Waals surface area contributed by atoms with E-state index in [1.54, 1.807) is 19.1 Å². The molecule has 2 rings (SSSR count). The fourth-order valence-electron chi connectivity index (χ4n) is 2.13. The first-order valence-electron chi connectivity index (χ1n) is 7.30. The molecule has 4 heteroatoms. The predicted molar refractivity (Wildman–Crippen MR) is 90.7 cm³/mol. The minimum Gasteiger partial charge on any atom is -0.479 e. The standard InChI is InChI=1S/C18H20ClNO2/c1-12(2)14-8-4-6-10-16(14)20-18(21)13(3)22-17-11-7-5-9-15(17)19/h4-13H,1-3H3,(H,20,21)/t13-/m1/s1. The van der Waals surface area contributed by atoms with Crippen molar-refractivity contribution in [3.8, 4) is 5.75 Å². The predicted octanol–water partition coefficient (Wildman–Crippen LogP) is 4.87. The molecule has 1 N–H and O–H groups in total. The Labute approximate surface area is 136 Å². The highest BCUT2D eigenvalue weighted by Crippen LogP contribution is 2.26. The molecule has 22 heavy (non-hydrogen) atoms. The molecule has 0 heterocycles. The Kier molecular flexibility index (Phi) is 5.45. The van der Waals surface area contributed by atoms with E-state index in [-0.39, 0.29) is 5.91 Å². The average Bonchev–Trinajstić information content (AvgIpc) is 2.49.